The lowest BCUT2D eigenvalue weighted by atomic mass is 9.87. The topological polar surface area (TPSA) is 151 Å². The molecule has 1 aromatic rings. The molecule has 0 amide bonds. The third-order valence-electron chi connectivity index (χ3n) is 5.54. The third-order valence-corrected chi connectivity index (χ3v) is 5.54. The molecule has 0 saturated carbocycles. The highest BCUT2D eigenvalue weighted by atomic mass is 16.7. The molecule has 0 aromatic heterocycles. The summed E-state index contributed by atoms with van der Waals surface area (Å²) >= 11 is 0. The van der Waals surface area contributed by atoms with Gasteiger partial charge in [0, 0.05) is 18.8 Å². The summed E-state index contributed by atoms with van der Waals surface area (Å²) in [5.74, 6) is -2.88. The number of aliphatic carboxylic acids is 1. The number of benzene rings is 1. The van der Waals surface area contributed by atoms with Crippen LogP contribution in [0.5, 0.6) is 11.5 Å². The fourth-order valence-corrected chi connectivity index (χ4v) is 3.27. The highest BCUT2D eigenvalue weighted by molar-refractivity contribution is 5.77. The van der Waals surface area contributed by atoms with E-state index in [-0.39, 0.29) is 43.3 Å². The van der Waals surface area contributed by atoms with E-state index >= 15 is 0 Å². The number of hydrogen-bond acceptors (Lipinski definition) is 9. The Balaban J connectivity index is 3.19. The molecule has 0 fully saturated rings. The molecule has 0 radical (unpaired) electrons. The van der Waals surface area contributed by atoms with Gasteiger partial charge in [0.2, 0.25) is 0 Å². The van der Waals surface area contributed by atoms with Crippen molar-refractivity contribution in [3.8, 4) is 11.5 Å². The molecule has 3 N–H and O–H groups in total. The van der Waals surface area contributed by atoms with Gasteiger partial charge in [0.05, 0.1) is 6.61 Å². The second-order valence-corrected chi connectivity index (χ2v) is 8.86. The second kappa shape index (κ2) is 15.8. The monoisotopic (exact) mass is 509 g/mol. The molecule has 1 aromatic carbocycles. The average Bonchev–Trinajstić information content (AvgIpc) is 2.81. The van der Waals surface area contributed by atoms with Gasteiger partial charge in [-0.05, 0) is 49.8 Å². The van der Waals surface area contributed by atoms with Gasteiger partial charge in [0.1, 0.15) is 12.1 Å². The number of carboxylic acid groups (broad SMARTS) is 1. The van der Waals surface area contributed by atoms with Crippen LogP contribution in [0.1, 0.15) is 84.6 Å². The Bertz CT molecular complexity index is 886. The van der Waals surface area contributed by atoms with E-state index in [1.165, 1.54) is 12.1 Å². The van der Waals surface area contributed by atoms with Gasteiger partial charge >= 0.3 is 24.1 Å². The number of carbonyl (C=O) groups excluding carboxylic acids is 3. The standard InChI is InChI=1S/C26H39NO9/c1-6-9-22(28)35-20-12-11-18(14-21(20)36-23(29)10-7-2)19(24(27)25(30)31)13-17(5)34-26(32)33-15-16(4)8-3/h11-12,14,16-17,19,24H,6-10,13,15,27H2,1-5H3,(H,30,31)/t16?,17?,19?,24-/m0/s1. The number of carbonyl (C=O) groups is 4. The van der Waals surface area contributed by atoms with Crippen molar-refractivity contribution in [3.63, 3.8) is 0 Å². The summed E-state index contributed by atoms with van der Waals surface area (Å²) in [5, 5.41) is 9.59. The van der Waals surface area contributed by atoms with Gasteiger partial charge in [-0.2, -0.15) is 0 Å². The van der Waals surface area contributed by atoms with Crippen molar-refractivity contribution < 1.29 is 43.2 Å². The Morgan fingerprint density at radius 3 is 2.06 bits per heavy atom. The molecule has 36 heavy (non-hydrogen) atoms. The largest absolute Gasteiger partial charge is 0.508 e. The van der Waals surface area contributed by atoms with Gasteiger partial charge in [-0.1, -0.05) is 40.2 Å². The van der Waals surface area contributed by atoms with E-state index in [1.807, 2.05) is 27.7 Å². The molecule has 202 valence electrons. The Labute approximate surface area is 212 Å². The maximum atomic E-state index is 12.2. The molecule has 4 atom stereocenters. The molecular weight excluding hydrogens is 470 g/mol. The van der Waals surface area contributed by atoms with E-state index in [2.05, 4.69) is 0 Å². The summed E-state index contributed by atoms with van der Waals surface area (Å²) < 4.78 is 21.2. The SMILES string of the molecule is CCCC(=O)Oc1ccc(C(CC(C)OC(=O)OCC(C)CC)[C@H](N)C(=O)O)cc1OC(=O)CCC. The van der Waals surface area contributed by atoms with Crippen molar-refractivity contribution in [2.75, 3.05) is 6.61 Å². The summed E-state index contributed by atoms with van der Waals surface area (Å²) in [6, 6.07) is 3.07. The second-order valence-electron chi connectivity index (χ2n) is 8.86. The molecule has 1 rings (SSSR count). The molecule has 3 unspecified atom stereocenters. The van der Waals surface area contributed by atoms with Crippen LogP contribution < -0.4 is 15.2 Å². The Kier molecular flexibility index (Phi) is 13.5. The number of ether oxygens (including phenoxy) is 4. The van der Waals surface area contributed by atoms with E-state index in [4.69, 9.17) is 24.7 Å². The van der Waals surface area contributed by atoms with Crippen LogP contribution in [0.3, 0.4) is 0 Å². The van der Waals surface area contributed by atoms with Crippen molar-refractivity contribution in [2.45, 2.75) is 91.2 Å². The first-order valence-electron chi connectivity index (χ1n) is 12.4. The first-order valence-corrected chi connectivity index (χ1v) is 12.4. The quantitative estimate of drug-likeness (QED) is 0.254. The van der Waals surface area contributed by atoms with Crippen molar-refractivity contribution >= 4 is 24.1 Å². The molecule has 10 nitrogen and oxygen atoms in total. The van der Waals surface area contributed by atoms with E-state index in [9.17, 15) is 24.3 Å². The fourth-order valence-electron chi connectivity index (χ4n) is 3.27. The van der Waals surface area contributed by atoms with Crippen molar-refractivity contribution in [2.24, 2.45) is 11.7 Å². The Hall–Kier alpha value is -3.14. The summed E-state index contributed by atoms with van der Waals surface area (Å²) in [6.45, 7) is 9.38. The lowest BCUT2D eigenvalue weighted by Crippen LogP contribution is -2.38. The molecular formula is C26H39NO9. The van der Waals surface area contributed by atoms with Crippen LogP contribution in [0.4, 0.5) is 4.79 Å². The molecule has 0 aliphatic carbocycles. The number of esters is 2. The summed E-state index contributed by atoms with van der Waals surface area (Å²) in [4.78, 5) is 48.0. The maximum Gasteiger partial charge on any atom is 0.508 e. The number of hydrogen-bond donors (Lipinski definition) is 2. The zero-order valence-electron chi connectivity index (χ0n) is 21.8. The van der Waals surface area contributed by atoms with E-state index < -0.39 is 42.1 Å². The van der Waals surface area contributed by atoms with Crippen molar-refractivity contribution in [3.05, 3.63) is 23.8 Å². The van der Waals surface area contributed by atoms with Gasteiger partial charge in [-0.3, -0.25) is 14.4 Å². The van der Waals surface area contributed by atoms with Gasteiger partial charge < -0.3 is 29.8 Å². The number of carboxylic acids is 1. The van der Waals surface area contributed by atoms with Crippen LogP contribution in [0, 0.1) is 5.92 Å². The first-order chi connectivity index (χ1) is 17.0. The van der Waals surface area contributed by atoms with E-state index in [1.54, 1.807) is 13.0 Å². The third kappa shape index (κ3) is 10.6. The zero-order chi connectivity index (χ0) is 27.3. The van der Waals surface area contributed by atoms with Gasteiger partial charge in [-0.25, -0.2) is 4.79 Å². The minimum Gasteiger partial charge on any atom is -0.480 e. The molecule has 0 saturated heterocycles. The average molecular weight is 510 g/mol. The van der Waals surface area contributed by atoms with Crippen LogP contribution in [0.25, 0.3) is 0 Å². The summed E-state index contributed by atoms with van der Waals surface area (Å²) in [6.07, 6.45) is 0.784. The van der Waals surface area contributed by atoms with Crippen LogP contribution >= 0.6 is 0 Å². The van der Waals surface area contributed by atoms with Gasteiger partial charge in [0.25, 0.3) is 0 Å². The van der Waals surface area contributed by atoms with Crippen LogP contribution in [-0.4, -0.2) is 47.9 Å². The van der Waals surface area contributed by atoms with Crippen molar-refractivity contribution in [1.82, 2.24) is 0 Å². The highest BCUT2D eigenvalue weighted by Crippen LogP contribution is 2.35. The Morgan fingerprint density at radius 1 is 0.944 bits per heavy atom. The van der Waals surface area contributed by atoms with Crippen LogP contribution in [0.15, 0.2) is 18.2 Å². The molecule has 0 bridgehead atoms. The summed E-state index contributed by atoms with van der Waals surface area (Å²) in [7, 11) is 0. The summed E-state index contributed by atoms with van der Waals surface area (Å²) in [5.41, 5.74) is 6.40. The first kappa shape index (κ1) is 30.9. The molecule has 0 aliphatic heterocycles. The smallest absolute Gasteiger partial charge is 0.480 e. The molecule has 0 heterocycles. The van der Waals surface area contributed by atoms with E-state index in [0.717, 1.165) is 6.42 Å². The maximum absolute atomic E-state index is 12.2. The van der Waals surface area contributed by atoms with Gasteiger partial charge in [-0.15, -0.1) is 0 Å². The molecule has 0 spiro atoms. The lowest BCUT2D eigenvalue weighted by Gasteiger charge is -2.25. The molecule has 10 heteroatoms. The zero-order valence-corrected chi connectivity index (χ0v) is 21.8. The van der Waals surface area contributed by atoms with Crippen LogP contribution in [-0.2, 0) is 23.9 Å². The predicted molar refractivity (Wildman–Crippen MR) is 132 cm³/mol. The van der Waals surface area contributed by atoms with Gasteiger partial charge in [0.15, 0.2) is 11.5 Å². The number of rotatable bonds is 15. The highest BCUT2D eigenvalue weighted by Gasteiger charge is 2.30. The minimum absolute atomic E-state index is 0.0143. The Morgan fingerprint density at radius 2 is 1.53 bits per heavy atom. The predicted octanol–water partition coefficient (Wildman–Crippen LogP) is 4.57. The molecule has 0 aliphatic rings. The number of nitrogens with two attached hydrogens (primary N) is 1. The van der Waals surface area contributed by atoms with Crippen LogP contribution in [0.2, 0.25) is 0 Å². The van der Waals surface area contributed by atoms with E-state index in [0.29, 0.717) is 18.4 Å². The normalized spacial score (nSPS) is 14.2. The van der Waals surface area contributed by atoms with Crippen molar-refractivity contribution in [1.29, 1.82) is 0 Å². The fraction of sp³-hybridized carbons (Fsp3) is 0.615. The lowest BCUT2D eigenvalue weighted by molar-refractivity contribution is -0.139. The minimum atomic E-state index is -1.35.